The Hall–Kier alpha value is -3.28. The molecule has 2 aromatic carbocycles. The first kappa shape index (κ1) is 21.4. The zero-order chi connectivity index (χ0) is 21.2. The van der Waals surface area contributed by atoms with Gasteiger partial charge in [-0.05, 0) is 29.1 Å². The Kier molecular flexibility index (Phi) is 7.89. The average Bonchev–Trinajstić information content (AvgIpc) is 3.31. The van der Waals surface area contributed by atoms with Gasteiger partial charge in [-0.3, -0.25) is 4.79 Å². The first-order valence-corrected chi connectivity index (χ1v) is 10.8. The van der Waals surface area contributed by atoms with Gasteiger partial charge >= 0.3 is 6.09 Å². The number of nitriles is 1. The summed E-state index contributed by atoms with van der Waals surface area (Å²) >= 11 is 2.54. The summed E-state index contributed by atoms with van der Waals surface area (Å²) in [6.07, 6.45) is -0.716. The van der Waals surface area contributed by atoms with E-state index in [1.807, 2.05) is 72.1 Å². The number of nitrogens with zero attached hydrogens (tertiary/aromatic N) is 1. The van der Waals surface area contributed by atoms with E-state index in [1.54, 1.807) is 6.07 Å². The second-order valence-corrected chi connectivity index (χ2v) is 8.26. The Labute approximate surface area is 182 Å². The molecule has 152 valence electrons. The predicted molar refractivity (Wildman–Crippen MR) is 117 cm³/mol. The number of hydrogen-bond donors (Lipinski definition) is 2. The number of carbonyl (C=O) groups is 2. The van der Waals surface area contributed by atoms with Crippen LogP contribution in [0.3, 0.4) is 0 Å². The van der Waals surface area contributed by atoms with Gasteiger partial charge in [0, 0.05) is 9.77 Å². The summed E-state index contributed by atoms with van der Waals surface area (Å²) in [6, 6.07) is 23.4. The van der Waals surface area contributed by atoms with Gasteiger partial charge in [-0.1, -0.05) is 66.4 Å². The van der Waals surface area contributed by atoms with Gasteiger partial charge in [0.05, 0.1) is 6.07 Å². The van der Waals surface area contributed by atoms with Crippen LogP contribution in [0.2, 0.25) is 0 Å². The van der Waals surface area contributed by atoms with E-state index in [-0.39, 0.29) is 6.61 Å². The molecule has 0 aliphatic rings. The number of thioether (sulfide) groups is 1. The molecule has 0 saturated carbocycles. The summed E-state index contributed by atoms with van der Waals surface area (Å²) in [5.41, 5.74) is 0.839. The lowest BCUT2D eigenvalue weighted by atomic mass is 10.2. The zero-order valence-electron chi connectivity index (χ0n) is 15.9. The summed E-state index contributed by atoms with van der Waals surface area (Å²) in [5, 5.41) is 15.6. The van der Waals surface area contributed by atoms with Crippen molar-refractivity contribution in [1.82, 2.24) is 10.6 Å². The van der Waals surface area contributed by atoms with Gasteiger partial charge in [0.15, 0.2) is 11.4 Å². The minimum absolute atomic E-state index is 0.0903. The molecule has 6 nitrogen and oxygen atoms in total. The van der Waals surface area contributed by atoms with E-state index in [4.69, 9.17) is 4.74 Å². The third-order valence-electron chi connectivity index (χ3n) is 3.94. The van der Waals surface area contributed by atoms with E-state index in [0.717, 1.165) is 15.3 Å². The SMILES string of the molecule is N#CC(NC(=O)C(NC(=O)OCc1ccccc1)Sc1ccccc1)c1cccs1. The molecule has 1 heterocycles. The molecular weight excluding hydrogens is 418 g/mol. The van der Waals surface area contributed by atoms with Crippen LogP contribution in [0.25, 0.3) is 0 Å². The summed E-state index contributed by atoms with van der Waals surface area (Å²) < 4.78 is 5.24. The standard InChI is InChI=1S/C22H19N3O3S2/c23-14-18(19-12-7-13-29-19)24-20(26)21(30-17-10-5-2-6-11-17)25-22(27)28-15-16-8-3-1-4-9-16/h1-13,18,21H,15H2,(H,24,26)(H,25,27). The number of amides is 2. The predicted octanol–water partition coefficient (Wildman–Crippen LogP) is 4.47. The second-order valence-electron chi connectivity index (χ2n) is 6.10. The van der Waals surface area contributed by atoms with Gasteiger partial charge in [0.2, 0.25) is 0 Å². The molecule has 3 rings (SSSR count). The summed E-state index contributed by atoms with van der Waals surface area (Å²) in [7, 11) is 0. The lowest BCUT2D eigenvalue weighted by Crippen LogP contribution is -2.45. The largest absolute Gasteiger partial charge is 0.445 e. The highest BCUT2D eigenvalue weighted by Gasteiger charge is 2.26. The lowest BCUT2D eigenvalue weighted by molar-refractivity contribution is -0.121. The van der Waals surface area contributed by atoms with E-state index in [0.29, 0.717) is 0 Å². The van der Waals surface area contributed by atoms with Crippen molar-refractivity contribution in [2.45, 2.75) is 22.9 Å². The third kappa shape index (κ3) is 6.37. The van der Waals surface area contributed by atoms with Gasteiger partial charge < -0.3 is 15.4 Å². The van der Waals surface area contributed by atoms with Crippen LogP contribution in [0.5, 0.6) is 0 Å². The van der Waals surface area contributed by atoms with Crippen LogP contribution in [0.4, 0.5) is 4.79 Å². The zero-order valence-corrected chi connectivity index (χ0v) is 17.5. The minimum atomic E-state index is -0.966. The van der Waals surface area contributed by atoms with Crippen LogP contribution in [-0.4, -0.2) is 17.4 Å². The van der Waals surface area contributed by atoms with Crippen molar-refractivity contribution in [2.75, 3.05) is 0 Å². The second kappa shape index (κ2) is 11.0. The van der Waals surface area contributed by atoms with Crippen molar-refractivity contribution in [2.24, 2.45) is 0 Å². The maximum Gasteiger partial charge on any atom is 0.408 e. The molecule has 0 radical (unpaired) electrons. The van der Waals surface area contributed by atoms with Gasteiger partial charge in [-0.2, -0.15) is 5.26 Å². The van der Waals surface area contributed by atoms with Crippen molar-refractivity contribution in [3.8, 4) is 6.07 Å². The molecule has 0 spiro atoms. The maximum absolute atomic E-state index is 12.9. The van der Waals surface area contributed by atoms with E-state index >= 15 is 0 Å². The van der Waals surface area contributed by atoms with Crippen molar-refractivity contribution < 1.29 is 14.3 Å². The Balaban J connectivity index is 1.67. The van der Waals surface area contributed by atoms with E-state index in [9.17, 15) is 14.9 Å². The summed E-state index contributed by atoms with van der Waals surface area (Å²) in [5.74, 6) is -0.486. The van der Waals surface area contributed by atoms with Crippen molar-refractivity contribution in [3.05, 3.63) is 88.6 Å². The first-order chi connectivity index (χ1) is 14.7. The number of ether oxygens (including phenoxy) is 1. The van der Waals surface area contributed by atoms with E-state index in [1.165, 1.54) is 23.1 Å². The van der Waals surface area contributed by atoms with Crippen LogP contribution in [0.1, 0.15) is 16.5 Å². The van der Waals surface area contributed by atoms with E-state index in [2.05, 4.69) is 16.7 Å². The maximum atomic E-state index is 12.9. The van der Waals surface area contributed by atoms with Gasteiger partial charge in [0.1, 0.15) is 6.61 Å². The van der Waals surface area contributed by atoms with Gasteiger partial charge in [-0.15, -0.1) is 11.3 Å². The molecule has 1 aromatic heterocycles. The molecule has 8 heteroatoms. The summed E-state index contributed by atoms with van der Waals surface area (Å²) in [6.45, 7) is 0.0903. The number of carbonyl (C=O) groups excluding carboxylic acids is 2. The number of hydrogen-bond acceptors (Lipinski definition) is 6. The molecule has 0 bridgehead atoms. The molecule has 0 aliphatic carbocycles. The third-order valence-corrected chi connectivity index (χ3v) is 5.99. The highest BCUT2D eigenvalue weighted by atomic mass is 32.2. The monoisotopic (exact) mass is 437 g/mol. The Morgan fingerprint density at radius 3 is 2.33 bits per heavy atom. The van der Waals surface area contributed by atoms with Crippen LogP contribution in [0, 0.1) is 11.3 Å². The average molecular weight is 438 g/mol. The number of benzene rings is 2. The molecule has 2 N–H and O–H groups in total. The van der Waals surface area contributed by atoms with Gasteiger partial charge in [0.25, 0.3) is 5.91 Å². The fourth-order valence-electron chi connectivity index (χ4n) is 2.50. The molecule has 3 aromatic rings. The molecule has 2 amide bonds. The Morgan fingerprint density at radius 2 is 1.70 bits per heavy atom. The van der Waals surface area contributed by atoms with E-state index < -0.39 is 23.4 Å². The minimum Gasteiger partial charge on any atom is -0.445 e. The fourth-order valence-corrected chi connectivity index (χ4v) is 4.13. The molecule has 30 heavy (non-hydrogen) atoms. The lowest BCUT2D eigenvalue weighted by Gasteiger charge is -2.19. The quantitative estimate of drug-likeness (QED) is 0.401. The van der Waals surface area contributed by atoms with Crippen LogP contribution < -0.4 is 10.6 Å². The molecule has 2 unspecified atom stereocenters. The molecular formula is C22H19N3O3S2. The molecule has 2 atom stereocenters. The first-order valence-electron chi connectivity index (χ1n) is 9.08. The summed E-state index contributed by atoms with van der Waals surface area (Å²) in [4.78, 5) is 26.7. The number of rotatable bonds is 8. The number of alkyl carbamates (subject to hydrolysis) is 1. The Morgan fingerprint density at radius 1 is 1.00 bits per heavy atom. The number of nitrogens with one attached hydrogen (secondary N) is 2. The van der Waals surface area contributed by atoms with Crippen molar-refractivity contribution in [1.29, 1.82) is 5.26 Å². The molecule has 0 saturated heterocycles. The molecule has 0 aliphatic heterocycles. The van der Waals surface area contributed by atoms with Crippen LogP contribution >= 0.6 is 23.1 Å². The van der Waals surface area contributed by atoms with Gasteiger partial charge in [-0.25, -0.2) is 4.79 Å². The van der Waals surface area contributed by atoms with Crippen LogP contribution in [0.15, 0.2) is 83.1 Å². The smallest absolute Gasteiger partial charge is 0.408 e. The van der Waals surface area contributed by atoms with Crippen LogP contribution in [-0.2, 0) is 16.1 Å². The topological polar surface area (TPSA) is 91.2 Å². The highest BCUT2D eigenvalue weighted by molar-refractivity contribution is 8.00. The Bertz CT molecular complexity index is 989. The highest BCUT2D eigenvalue weighted by Crippen LogP contribution is 2.24. The normalized spacial score (nSPS) is 12.2. The van der Waals surface area contributed by atoms with Crippen molar-refractivity contribution in [3.63, 3.8) is 0 Å². The molecule has 0 fully saturated rings. The van der Waals surface area contributed by atoms with Crippen molar-refractivity contribution >= 4 is 35.1 Å². The fraction of sp³-hybridized carbons (Fsp3) is 0.136. The number of thiophene rings is 1.